The fourth-order valence-corrected chi connectivity index (χ4v) is 4.27. The normalized spacial score (nSPS) is 14.1. The van der Waals surface area contributed by atoms with Gasteiger partial charge in [-0.2, -0.15) is 0 Å². The third kappa shape index (κ3) is 6.33. The van der Waals surface area contributed by atoms with E-state index in [9.17, 15) is 24.5 Å². The minimum atomic E-state index is -0.660. The Balaban J connectivity index is 1.44. The van der Waals surface area contributed by atoms with Crippen molar-refractivity contribution >= 4 is 46.3 Å². The number of methoxy groups -OCH3 is 1. The molecule has 3 aromatic rings. The molecular weight excluding hydrogens is 498 g/mol. The molecular formula is C26H21N3O7S. The molecule has 188 valence electrons. The lowest BCUT2D eigenvalue weighted by Gasteiger charge is -2.12. The predicted molar refractivity (Wildman–Crippen MR) is 138 cm³/mol. The highest BCUT2D eigenvalue weighted by molar-refractivity contribution is 8.18. The Hall–Kier alpha value is -4.64. The number of carbonyl (C=O) groups is 3. The summed E-state index contributed by atoms with van der Waals surface area (Å²) in [6.07, 6.45) is 1.38. The molecule has 1 heterocycles. The van der Waals surface area contributed by atoms with Gasteiger partial charge in [0, 0.05) is 11.8 Å². The van der Waals surface area contributed by atoms with E-state index in [1.165, 1.54) is 25.3 Å². The molecule has 0 saturated carbocycles. The van der Waals surface area contributed by atoms with Gasteiger partial charge in [-0.15, -0.1) is 0 Å². The predicted octanol–water partition coefficient (Wildman–Crippen LogP) is 4.86. The number of thioether (sulfide) groups is 1. The maximum Gasteiger partial charge on any atom is 0.311 e. The van der Waals surface area contributed by atoms with E-state index in [0.29, 0.717) is 28.8 Å². The van der Waals surface area contributed by atoms with Gasteiger partial charge in [0.05, 0.1) is 16.9 Å². The summed E-state index contributed by atoms with van der Waals surface area (Å²) in [6, 6.07) is 20.1. The number of rotatable bonds is 9. The number of nitro benzene ring substituents is 1. The highest BCUT2D eigenvalue weighted by atomic mass is 32.2. The first-order valence-electron chi connectivity index (χ1n) is 11.0. The molecule has 1 aliphatic rings. The van der Waals surface area contributed by atoms with E-state index in [2.05, 4.69) is 5.32 Å². The molecule has 4 rings (SSSR count). The van der Waals surface area contributed by atoms with E-state index in [1.54, 1.807) is 30.3 Å². The van der Waals surface area contributed by atoms with Gasteiger partial charge in [-0.3, -0.25) is 29.4 Å². The van der Waals surface area contributed by atoms with Crippen LogP contribution in [0.1, 0.15) is 11.1 Å². The van der Waals surface area contributed by atoms with E-state index in [1.807, 2.05) is 30.3 Å². The van der Waals surface area contributed by atoms with Crippen molar-refractivity contribution in [3.63, 3.8) is 0 Å². The fourth-order valence-electron chi connectivity index (χ4n) is 3.43. The molecule has 0 bridgehead atoms. The third-order valence-corrected chi connectivity index (χ3v) is 6.17. The van der Waals surface area contributed by atoms with Crippen LogP contribution in [0.4, 0.5) is 16.2 Å². The fraction of sp³-hybridized carbons (Fsp3) is 0.115. The number of anilines is 1. The van der Waals surface area contributed by atoms with Gasteiger partial charge in [0.1, 0.15) is 18.9 Å². The summed E-state index contributed by atoms with van der Waals surface area (Å²) < 4.78 is 10.7. The van der Waals surface area contributed by atoms with Crippen LogP contribution in [0.15, 0.2) is 77.7 Å². The number of hydrogen-bond donors (Lipinski definition) is 1. The van der Waals surface area contributed by atoms with Crippen LogP contribution in [0.2, 0.25) is 0 Å². The Kier molecular flexibility index (Phi) is 7.84. The van der Waals surface area contributed by atoms with E-state index in [-0.39, 0.29) is 22.9 Å². The third-order valence-electron chi connectivity index (χ3n) is 5.26. The zero-order chi connectivity index (χ0) is 26.4. The van der Waals surface area contributed by atoms with Gasteiger partial charge in [-0.05, 0) is 59.3 Å². The van der Waals surface area contributed by atoms with E-state index >= 15 is 0 Å². The van der Waals surface area contributed by atoms with Crippen molar-refractivity contribution in [2.45, 2.75) is 6.61 Å². The van der Waals surface area contributed by atoms with Crippen molar-refractivity contribution < 1.29 is 28.8 Å². The van der Waals surface area contributed by atoms with Crippen LogP contribution in [-0.2, 0) is 16.2 Å². The molecule has 0 radical (unpaired) electrons. The van der Waals surface area contributed by atoms with Crippen LogP contribution in [0, 0.1) is 10.1 Å². The number of amides is 3. The molecule has 1 aliphatic heterocycles. The zero-order valence-corrected chi connectivity index (χ0v) is 20.4. The molecule has 3 aromatic carbocycles. The molecule has 1 N–H and O–H groups in total. The van der Waals surface area contributed by atoms with Crippen LogP contribution in [0.25, 0.3) is 6.08 Å². The number of benzene rings is 3. The second-order valence-electron chi connectivity index (χ2n) is 7.80. The molecule has 3 amide bonds. The standard InChI is InChI=1S/C26H21N3O7S/c1-35-20-10-8-19(9-11-20)27-24(30)15-28-25(31)23(37-26(28)32)14-18-7-12-22(21(13-18)29(33)34)36-16-17-5-3-2-4-6-17/h2-14H,15-16H2,1H3,(H,27,30)/b23-14+. The summed E-state index contributed by atoms with van der Waals surface area (Å²) in [7, 11) is 1.52. The van der Waals surface area contributed by atoms with E-state index < -0.39 is 28.5 Å². The highest BCUT2D eigenvalue weighted by Crippen LogP contribution is 2.34. The van der Waals surface area contributed by atoms with E-state index in [0.717, 1.165) is 10.5 Å². The van der Waals surface area contributed by atoms with Crippen molar-refractivity contribution in [1.29, 1.82) is 0 Å². The Morgan fingerprint density at radius 3 is 2.49 bits per heavy atom. The first-order valence-corrected chi connectivity index (χ1v) is 11.8. The molecule has 0 aromatic heterocycles. The van der Waals surface area contributed by atoms with Crippen LogP contribution < -0.4 is 14.8 Å². The van der Waals surface area contributed by atoms with Gasteiger partial charge < -0.3 is 14.8 Å². The lowest BCUT2D eigenvalue weighted by atomic mass is 10.1. The Morgan fingerprint density at radius 1 is 1.08 bits per heavy atom. The maximum atomic E-state index is 12.8. The summed E-state index contributed by atoms with van der Waals surface area (Å²) in [5.41, 5.74) is 1.40. The second-order valence-corrected chi connectivity index (χ2v) is 8.80. The smallest absolute Gasteiger partial charge is 0.311 e. The van der Waals surface area contributed by atoms with Crippen LogP contribution >= 0.6 is 11.8 Å². The summed E-state index contributed by atoms with van der Waals surface area (Å²) in [6.45, 7) is -0.320. The minimum Gasteiger partial charge on any atom is -0.497 e. The number of nitrogens with one attached hydrogen (secondary N) is 1. The van der Waals surface area contributed by atoms with Crippen molar-refractivity contribution in [2.75, 3.05) is 19.0 Å². The molecule has 11 heteroatoms. The number of nitrogens with zero attached hydrogens (tertiary/aromatic N) is 2. The average Bonchev–Trinajstić information content (AvgIpc) is 3.16. The number of carbonyl (C=O) groups excluding carboxylic acids is 3. The average molecular weight is 520 g/mol. The number of hydrogen-bond acceptors (Lipinski definition) is 8. The van der Waals surface area contributed by atoms with Crippen molar-refractivity contribution in [1.82, 2.24) is 4.90 Å². The van der Waals surface area contributed by atoms with Gasteiger partial charge in [0.15, 0.2) is 5.75 Å². The van der Waals surface area contributed by atoms with E-state index in [4.69, 9.17) is 9.47 Å². The van der Waals surface area contributed by atoms with Gasteiger partial charge in [-0.25, -0.2) is 0 Å². The van der Waals surface area contributed by atoms with Gasteiger partial charge in [0.2, 0.25) is 5.91 Å². The van der Waals surface area contributed by atoms with Gasteiger partial charge in [-0.1, -0.05) is 36.4 Å². The minimum absolute atomic E-state index is 0.0505. The van der Waals surface area contributed by atoms with Crippen molar-refractivity contribution in [3.8, 4) is 11.5 Å². The van der Waals surface area contributed by atoms with Gasteiger partial charge >= 0.3 is 5.69 Å². The summed E-state index contributed by atoms with van der Waals surface area (Å²) in [5, 5.41) is 13.6. The molecule has 1 fully saturated rings. The lowest BCUT2D eigenvalue weighted by molar-refractivity contribution is -0.386. The largest absolute Gasteiger partial charge is 0.497 e. The maximum absolute atomic E-state index is 12.8. The van der Waals surface area contributed by atoms with Crippen molar-refractivity contribution in [2.24, 2.45) is 0 Å². The molecule has 0 unspecified atom stereocenters. The Morgan fingerprint density at radius 2 is 1.81 bits per heavy atom. The number of ether oxygens (including phenoxy) is 2. The Bertz CT molecular complexity index is 1370. The summed E-state index contributed by atoms with van der Waals surface area (Å²) >= 11 is 0.657. The van der Waals surface area contributed by atoms with Crippen LogP contribution in [0.5, 0.6) is 11.5 Å². The first-order chi connectivity index (χ1) is 17.8. The lowest BCUT2D eigenvalue weighted by Crippen LogP contribution is -2.36. The Labute approximate surface area is 216 Å². The summed E-state index contributed by atoms with van der Waals surface area (Å²) in [4.78, 5) is 49.5. The van der Waals surface area contributed by atoms with Gasteiger partial charge in [0.25, 0.3) is 11.1 Å². The summed E-state index contributed by atoms with van der Waals surface area (Å²) in [5.74, 6) is -0.518. The highest BCUT2D eigenvalue weighted by Gasteiger charge is 2.36. The first kappa shape index (κ1) is 25.5. The molecule has 0 aliphatic carbocycles. The molecule has 10 nitrogen and oxygen atoms in total. The SMILES string of the molecule is COc1ccc(NC(=O)CN2C(=O)S/C(=C/c3ccc(OCc4ccccc4)c([N+](=O)[O-])c3)C2=O)cc1. The molecule has 1 saturated heterocycles. The quantitative estimate of drug-likeness (QED) is 0.241. The van der Waals surface area contributed by atoms with Crippen LogP contribution in [0.3, 0.4) is 0 Å². The van der Waals surface area contributed by atoms with Crippen molar-refractivity contribution in [3.05, 3.63) is 98.9 Å². The second kappa shape index (κ2) is 11.4. The number of imide groups is 1. The topological polar surface area (TPSA) is 128 Å². The number of nitro groups is 1. The monoisotopic (exact) mass is 519 g/mol. The molecule has 37 heavy (non-hydrogen) atoms. The van der Waals surface area contributed by atoms with Crippen LogP contribution in [-0.4, -0.2) is 40.5 Å². The molecule has 0 atom stereocenters. The zero-order valence-electron chi connectivity index (χ0n) is 19.6. The molecule has 0 spiro atoms.